The number of nitrogens with one attached hydrogen (secondary N) is 2. The molecule has 4 nitrogen and oxygen atoms in total. The zero-order chi connectivity index (χ0) is 23.5. The van der Waals surface area contributed by atoms with Crippen LogP contribution in [0.1, 0.15) is 114 Å². The van der Waals surface area contributed by atoms with Crippen LogP contribution >= 0.6 is 0 Å². The van der Waals surface area contributed by atoms with Gasteiger partial charge in [0.25, 0.3) is 11.8 Å². The minimum atomic E-state index is -0.0652. The molecule has 1 aromatic rings. The molecule has 0 aliphatic heterocycles. The SMILES string of the molecule is CC(C)(C)C1CCC(NC(=O)c2cccc(C(=O)NC3CCC(C(C)(C)C)CC3)c2)CC1. The van der Waals surface area contributed by atoms with Crippen molar-refractivity contribution < 1.29 is 9.59 Å². The van der Waals surface area contributed by atoms with Gasteiger partial charge in [-0.15, -0.1) is 0 Å². The van der Waals surface area contributed by atoms with Crippen molar-refractivity contribution in [1.29, 1.82) is 0 Å². The first kappa shape index (κ1) is 24.8. The Labute approximate surface area is 195 Å². The Morgan fingerprint density at radius 2 is 1.00 bits per heavy atom. The van der Waals surface area contributed by atoms with Gasteiger partial charge in [-0.1, -0.05) is 47.6 Å². The second kappa shape index (κ2) is 9.97. The van der Waals surface area contributed by atoms with E-state index in [0.29, 0.717) is 22.0 Å². The molecule has 2 aliphatic carbocycles. The molecule has 3 rings (SSSR count). The van der Waals surface area contributed by atoms with E-state index in [0.717, 1.165) is 63.2 Å². The fraction of sp³-hybridized carbons (Fsp3) is 0.714. The predicted molar refractivity (Wildman–Crippen MR) is 132 cm³/mol. The van der Waals surface area contributed by atoms with E-state index in [1.54, 1.807) is 18.2 Å². The number of carbonyl (C=O) groups excluding carboxylic acids is 2. The van der Waals surface area contributed by atoms with Crippen LogP contribution in [0.5, 0.6) is 0 Å². The highest BCUT2D eigenvalue weighted by Gasteiger charge is 2.31. The Morgan fingerprint density at radius 3 is 1.31 bits per heavy atom. The first-order valence-corrected chi connectivity index (χ1v) is 12.7. The van der Waals surface area contributed by atoms with Crippen LogP contribution in [0.3, 0.4) is 0 Å². The second-order valence-corrected chi connectivity index (χ2v) is 12.4. The summed E-state index contributed by atoms with van der Waals surface area (Å²) in [7, 11) is 0. The molecule has 2 amide bonds. The lowest BCUT2D eigenvalue weighted by molar-refractivity contribution is 0.0902. The summed E-state index contributed by atoms with van der Waals surface area (Å²) in [5.41, 5.74) is 1.82. The summed E-state index contributed by atoms with van der Waals surface area (Å²) >= 11 is 0. The van der Waals surface area contributed by atoms with Crippen LogP contribution in [0.15, 0.2) is 24.3 Å². The minimum Gasteiger partial charge on any atom is -0.349 e. The molecule has 4 heteroatoms. The summed E-state index contributed by atoms with van der Waals surface area (Å²) in [6, 6.07) is 7.64. The number of benzene rings is 1. The highest BCUT2D eigenvalue weighted by molar-refractivity contribution is 5.99. The highest BCUT2D eigenvalue weighted by Crippen LogP contribution is 2.38. The summed E-state index contributed by atoms with van der Waals surface area (Å²) in [6.07, 6.45) is 8.78. The fourth-order valence-corrected chi connectivity index (χ4v) is 5.55. The maximum atomic E-state index is 12.8. The van der Waals surface area contributed by atoms with E-state index in [1.807, 2.05) is 6.07 Å². The quantitative estimate of drug-likeness (QED) is 0.572. The molecule has 0 saturated heterocycles. The lowest BCUT2D eigenvalue weighted by atomic mass is 9.71. The van der Waals surface area contributed by atoms with Crippen LogP contribution < -0.4 is 10.6 Å². The van der Waals surface area contributed by atoms with Gasteiger partial charge in [0.2, 0.25) is 0 Å². The average Bonchev–Trinajstić information content (AvgIpc) is 2.73. The van der Waals surface area contributed by atoms with Crippen molar-refractivity contribution in [2.45, 2.75) is 105 Å². The monoisotopic (exact) mass is 440 g/mol. The van der Waals surface area contributed by atoms with Crippen LogP contribution in [0.4, 0.5) is 0 Å². The van der Waals surface area contributed by atoms with Gasteiger partial charge >= 0.3 is 0 Å². The van der Waals surface area contributed by atoms with Gasteiger partial charge < -0.3 is 10.6 Å². The Balaban J connectivity index is 1.51. The topological polar surface area (TPSA) is 58.2 Å². The van der Waals surface area contributed by atoms with E-state index >= 15 is 0 Å². The van der Waals surface area contributed by atoms with Gasteiger partial charge in [0.1, 0.15) is 0 Å². The predicted octanol–water partition coefficient (Wildman–Crippen LogP) is 6.36. The molecule has 2 aliphatic rings. The van der Waals surface area contributed by atoms with E-state index in [9.17, 15) is 9.59 Å². The molecule has 2 N–H and O–H groups in total. The Hall–Kier alpha value is -1.84. The summed E-state index contributed by atoms with van der Waals surface area (Å²) in [5, 5.41) is 6.41. The van der Waals surface area contributed by atoms with Crippen molar-refractivity contribution in [3.63, 3.8) is 0 Å². The summed E-state index contributed by atoms with van der Waals surface area (Å²) < 4.78 is 0. The van der Waals surface area contributed by atoms with E-state index in [4.69, 9.17) is 0 Å². The normalized spacial score (nSPS) is 26.9. The maximum Gasteiger partial charge on any atom is 0.251 e. The molecule has 0 radical (unpaired) electrons. The smallest absolute Gasteiger partial charge is 0.251 e. The number of carbonyl (C=O) groups is 2. The first-order chi connectivity index (χ1) is 14.9. The molecule has 1 aromatic carbocycles. The number of hydrogen-bond acceptors (Lipinski definition) is 2. The number of amides is 2. The van der Waals surface area contributed by atoms with Crippen LogP contribution in [0.25, 0.3) is 0 Å². The molecular formula is C28H44N2O2. The molecule has 0 atom stereocenters. The fourth-order valence-electron chi connectivity index (χ4n) is 5.55. The second-order valence-electron chi connectivity index (χ2n) is 12.4. The summed E-state index contributed by atoms with van der Waals surface area (Å²) in [5.74, 6) is 1.32. The molecular weight excluding hydrogens is 396 g/mol. The third kappa shape index (κ3) is 6.59. The minimum absolute atomic E-state index is 0.0652. The van der Waals surface area contributed by atoms with Crippen LogP contribution in [-0.4, -0.2) is 23.9 Å². The van der Waals surface area contributed by atoms with Crippen molar-refractivity contribution in [1.82, 2.24) is 10.6 Å². The molecule has 178 valence electrons. The van der Waals surface area contributed by atoms with E-state index < -0.39 is 0 Å². The van der Waals surface area contributed by atoms with Crippen molar-refractivity contribution in [2.24, 2.45) is 22.7 Å². The Bertz CT molecular complexity index is 723. The maximum absolute atomic E-state index is 12.8. The Morgan fingerprint density at radius 1 is 0.656 bits per heavy atom. The molecule has 0 bridgehead atoms. The largest absolute Gasteiger partial charge is 0.349 e. The summed E-state index contributed by atoms with van der Waals surface area (Å²) in [4.78, 5) is 25.7. The molecule has 0 heterocycles. The molecule has 2 saturated carbocycles. The van der Waals surface area contributed by atoms with Crippen molar-refractivity contribution in [3.8, 4) is 0 Å². The van der Waals surface area contributed by atoms with Gasteiger partial charge in [-0.25, -0.2) is 0 Å². The number of hydrogen-bond donors (Lipinski definition) is 2. The zero-order valence-electron chi connectivity index (χ0n) is 21.1. The van der Waals surface area contributed by atoms with Crippen LogP contribution in [0, 0.1) is 22.7 Å². The molecule has 32 heavy (non-hydrogen) atoms. The molecule has 0 spiro atoms. The average molecular weight is 441 g/mol. The van der Waals surface area contributed by atoms with Crippen molar-refractivity contribution in [3.05, 3.63) is 35.4 Å². The lowest BCUT2D eigenvalue weighted by Gasteiger charge is -2.37. The summed E-state index contributed by atoms with van der Waals surface area (Å²) in [6.45, 7) is 13.9. The van der Waals surface area contributed by atoms with Gasteiger partial charge in [-0.05, 0) is 92.2 Å². The zero-order valence-corrected chi connectivity index (χ0v) is 21.1. The molecule has 0 unspecified atom stereocenters. The van der Waals surface area contributed by atoms with Crippen LogP contribution in [-0.2, 0) is 0 Å². The van der Waals surface area contributed by atoms with E-state index in [1.165, 1.54) is 0 Å². The van der Waals surface area contributed by atoms with Gasteiger partial charge in [0.05, 0.1) is 0 Å². The standard InChI is InChI=1S/C28H44N2O2/c1-27(2,3)21-10-14-23(15-11-21)29-25(31)19-8-7-9-20(18-19)26(32)30-24-16-12-22(13-17-24)28(4,5)6/h7-9,18,21-24H,10-17H2,1-6H3,(H,29,31)(H,30,32). The van der Waals surface area contributed by atoms with Crippen molar-refractivity contribution in [2.75, 3.05) is 0 Å². The highest BCUT2D eigenvalue weighted by atomic mass is 16.2. The van der Waals surface area contributed by atoms with Crippen molar-refractivity contribution >= 4 is 11.8 Å². The van der Waals surface area contributed by atoms with E-state index in [2.05, 4.69) is 52.2 Å². The van der Waals surface area contributed by atoms with Crippen LogP contribution in [0.2, 0.25) is 0 Å². The first-order valence-electron chi connectivity index (χ1n) is 12.7. The van der Waals surface area contributed by atoms with Gasteiger partial charge in [-0.2, -0.15) is 0 Å². The lowest BCUT2D eigenvalue weighted by Crippen LogP contribution is -2.40. The Kier molecular flexibility index (Phi) is 7.73. The third-order valence-corrected chi connectivity index (χ3v) is 7.96. The molecule has 0 aromatic heterocycles. The third-order valence-electron chi connectivity index (χ3n) is 7.96. The van der Waals surface area contributed by atoms with Gasteiger partial charge in [-0.3, -0.25) is 9.59 Å². The van der Waals surface area contributed by atoms with Gasteiger partial charge in [0, 0.05) is 23.2 Å². The van der Waals surface area contributed by atoms with E-state index in [-0.39, 0.29) is 23.9 Å². The van der Waals surface area contributed by atoms with Gasteiger partial charge in [0.15, 0.2) is 0 Å². The molecule has 2 fully saturated rings. The number of rotatable bonds is 4.